The number of rotatable bonds is 8. The van der Waals surface area contributed by atoms with Gasteiger partial charge in [0.15, 0.2) is 0 Å². The van der Waals surface area contributed by atoms with E-state index in [1.54, 1.807) is 30.5 Å². The van der Waals surface area contributed by atoms with Gasteiger partial charge in [0.1, 0.15) is 5.82 Å². The molecule has 1 aromatic carbocycles. The van der Waals surface area contributed by atoms with Crippen molar-refractivity contribution in [2.75, 3.05) is 11.9 Å². The summed E-state index contributed by atoms with van der Waals surface area (Å²) in [6.07, 6.45) is 9.39. The molecule has 2 fully saturated rings. The molecule has 0 bridgehead atoms. The Bertz CT molecular complexity index is 1180. The minimum Gasteiger partial charge on any atom is -0.324 e. The van der Waals surface area contributed by atoms with Crippen LogP contribution in [0.15, 0.2) is 47.6 Å². The van der Waals surface area contributed by atoms with E-state index in [4.69, 9.17) is 0 Å². The van der Waals surface area contributed by atoms with Crippen LogP contribution in [-0.2, 0) is 10.0 Å². The third-order valence-electron chi connectivity index (χ3n) is 6.02. The smallest absolute Gasteiger partial charge is 0.240 e. The molecule has 2 heterocycles. The summed E-state index contributed by atoms with van der Waals surface area (Å²) in [6.45, 7) is 2.54. The monoisotopic (exact) mass is 438 g/mol. The Balaban J connectivity index is 1.32. The maximum Gasteiger partial charge on any atom is 0.240 e. The molecule has 0 saturated heterocycles. The lowest BCUT2D eigenvalue weighted by molar-refractivity contribution is 0.311. The summed E-state index contributed by atoms with van der Waals surface area (Å²) >= 11 is 0. The summed E-state index contributed by atoms with van der Waals surface area (Å²) in [6, 6.07) is 9.02. The molecule has 5 rings (SSSR count). The van der Waals surface area contributed by atoms with E-state index in [1.165, 1.54) is 19.3 Å². The fraction of sp³-hybridized carbons (Fsp3) is 0.409. The molecule has 0 amide bonds. The van der Waals surface area contributed by atoms with Gasteiger partial charge in [-0.1, -0.05) is 0 Å². The van der Waals surface area contributed by atoms with Crippen molar-refractivity contribution in [1.29, 1.82) is 0 Å². The minimum absolute atomic E-state index is 0.258. The second-order valence-electron chi connectivity index (χ2n) is 8.36. The van der Waals surface area contributed by atoms with Gasteiger partial charge in [0.05, 0.1) is 22.5 Å². The molecule has 2 N–H and O–H groups in total. The van der Waals surface area contributed by atoms with E-state index in [-0.39, 0.29) is 4.90 Å². The van der Waals surface area contributed by atoms with Crippen LogP contribution >= 0.6 is 0 Å². The topological polar surface area (TPSA) is 102 Å². The van der Waals surface area contributed by atoms with Crippen molar-refractivity contribution >= 4 is 21.7 Å². The maximum absolute atomic E-state index is 12.4. The summed E-state index contributed by atoms with van der Waals surface area (Å²) in [5, 5.41) is 3.17. The van der Waals surface area contributed by atoms with Crippen molar-refractivity contribution in [3.63, 3.8) is 0 Å². The molecular weight excluding hydrogens is 412 g/mol. The van der Waals surface area contributed by atoms with Gasteiger partial charge < -0.3 is 9.88 Å². The molecule has 0 radical (unpaired) electrons. The number of aryl methyl sites for hydroxylation is 1. The largest absolute Gasteiger partial charge is 0.324 e. The van der Waals surface area contributed by atoms with Crippen molar-refractivity contribution in [3.05, 3.63) is 48.5 Å². The fourth-order valence-electron chi connectivity index (χ4n) is 3.79. The average molecular weight is 439 g/mol. The van der Waals surface area contributed by atoms with E-state index in [0.29, 0.717) is 24.5 Å². The van der Waals surface area contributed by atoms with Crippen molar-refractivity contribution in [2.45, 2.75) is 50.0 Å². The third-order valence-corrected chi connectivity index (χ3v) is 7.46. The number of aromatic nitrogens is 4. The Morgan fingerprint density at radius 2 is 1.84 bits per heavy atom. The van der Waals surface area contributed by atoms with Gasteiger partial charge in [0.25, 0.3) is 0 Å². The van der Waals surface area contributed by atoms with Gasteiger partial charge in [-0.05, 0) is 75.3 Å². The molecule has 8 nitrogen and oxygen atoms in total. The Morgan fingerprint density at radius 1 is 1.06 bits per heavy atom. The Kier molecular flexibility index (Phi) is 5.23. The second kappa shape index (κ2) is 8.05. The number of benzene rings is 1. The highest BCUT2D eigenvalue weighted by atomic mass is 32.2. The van der Waals surface area contributed by atoms with Crippen LogP contribution in [-0.4, -0.2) is 34.5 Å². The molecule has 0 aliphatic heterocycles. The molecule has 2 aliphatic rings. The highest BCUT2D eigenvalue weighted by Crippen LogP contribution is 2.36. The van der Waals surface area contributed by atoms with Crippen molar-refractivity contribution in [2.24, 2.45) is 5.92 Å². The normalized spacial score (nSPS) is 16.8. The van der Waals surface area contributed by atoms with E-state index in [0.717, 1.165) is 35.7 Å². The summed E-state index contributed by atoms with van der Waals surface area (Å²) in [4.78, 5) is 13.7. The molecule has 162 valence electrons. The van der Waals surface area contributed by atoms with E-state index < -0.39 is 10.0 Å². The second-order valence-corrected chi connectivity index (χ2v) is 10.1. The van der Waals surface area contributed by atoms with Gasteiger partial charge in [-0.25, -0.2) is 28.1 Å². The van der Waals surface area contributed by atoms with Gasteiger partial charge in [0, 0.05) is 24.5 Å². The third kappa shape index (κ3) is 4.33. The zero-order chi connectivity index (χ0) is 21.4. The quantitative estimate of drug-likeness (QED) is 0.555. The fourth-order valence-corrected chi connectivity index (χ4v) is 4.91. The number of nitrogens with one attached hydrogen (secondary N) is 2. The number of nitrogens with zero attached hydrogens (tertiary/aromatic N) is 4. The standard InChI is InChI=1S/C22H26N6O2S/c1-15-24-14-21(28(15)18-3-2-4-18)20-11-12-23-22(27-20)26-17-7-9-19(10-8-17)31(29,30)25-13-16-5-6-16/h7-12,14,16,18,25H,2-6,13H2,1H3,(H,23,26,27). The molecule has 0 atom stereocenters. The summed E-state index contributed by atoms with van der Waals surface area (Å²) < 4.78 is 29.7. The Labute approximate surface area is 182 Å². The van der Waals surface area contributed by atoms with Crippen LogP contribution in [0.3, 0.4) is 0 Å². The summed E-state index contributed by atoms with van der Waals surface area (Å²) in [7, 11) is -3.47. The molecule has 2 aromatic heterocycles. The molecule has 0 spiro atoms. The molecule has 2 aliphatic carbocycles. The Morgan fingerprint density at radius 3 is 2.52 bits per heavy atom. The number of hydrogen-bond acceptors (Lipinski definition) is 6. The molecule has 2 saturated carbocycles. The predicted octanol–water partition coefficient (Wildman–Crippen LogP) is 3.81. The molecular formula is C22H26N6O2S. The van der Waals surface area contributed by atoms with Crippen molar-refractivity contribution < 1.29 is 8.42 Å². The lowest BCUT2D eigenvalue weighted by atomic mass is 9.92. The minimum atomic E-state index is -3.47. The van der Waals surface area contributed by atoms with E-state index in [9.17, 15) is 8.42 Å². The van der Waals surface area contributed by atoms with Crippen LogP contribution in [0.4, 0.5) is 11.6 Å². The molecule has 9 heteroatoms. The first-order chi connectivity index (χ1) is 15.0. The molecule has 31 heavy (non-hydrogen) atoms. The first kappa shape index (κ1) is 20.1. The first-order valence-electron chi connectivity index (χ1n) is 10.7. The first-order valence-corrected chi connectivity index (χ1v) is 12.2. The highest BCUT2D eigenvalue weighted by molar-refractivity contribution is 7.89. The lowest BCUT2D eigenvalue weighted by Gasteiger charge is -2.29. The summed E-state index contributed by atoms with van der Waals surface area (Å²) in [5.74, 6) is 1.95. The van der Waals surface area contributed by atoms with Gasteiger partial charge in [0.2, 0.25) is 16.0 Å². The van der Waals surface area contributed by atoms with Crippen LogP contribution in [0, 0.1) is 12.8 Å². The number of hydrogen-bond donors (Lipinski definition) is 2. The van der Waals surface area contributed by atoms with Gasteiger partial charge in [-0.2, -0.15) is 0 Å². The van der Waals surface area contributed by atoms with Crippen LogP contribution in [0.2, 0.25) is 0 Å². The molecule has 0 unspecified atom stereocenters. The summed E-state index contributed by atoms with van der Waals surface area (Å²) in [5.41, 5.74) is 2.53. The van der Waals surface area contributed by atoms with E-state index in [1.807, 2.05) is 19.2 Å². The molecule has 3 aromatic rings. The number of anilines is 2. The van der Waals surface area contributed by atoms with Gasteiger partial charge >= 0.3 is 0 Å². The zero-order valence-electron chi connectivity index (χ0n) is 17.5. The van der Waals surface area contributed by atoms with Gasteiger partial charge in [-0.3, -0.25) is 0 Å². The van der Waals surface area contributed by atoms with Crippen LogP contribution < -0.4 is 10.0 Å². The van der Waals surface area contributed by atoms with Crippen LogP contribution in [0.25, 0.3) is 11.4 Å². The van der Waals surface area contributed by atoms with E-state index >= 15 is 0 Å². The predicted molar refractivity (Wildman–Crippen MR) is 119 cm³/mol. The van der Waals surface area contributed by atoms with Crippen molar-refractivity contribution in [3.8, 4) is 11.4 Å². The average Bonchev–Trinajstić information content (AvgIpc) is 3.49. The lowest BCUT2D eigenvalue weighted by Crippen LogP contribution is -2.25. The highest BCUT2D eigenvalue weighted by Gasteiger charge is 2.25. The van der Waals surface area contributed by atoms with Gasteiger partial charge in [-0.15, -0.1) is 0 Å². The van der Waals surface area contributed by atoms with Crippen LogP contribution in [0.5, 0.6) is 0 Å². The Hall–Kier alpha value is -2.78. The number of sulfonamides is 1. The van der Waals surface area contributed by atoms with Crippen molar-refractivity contribution in [1.82, 2.24) is 24.2 Å². The van der Waals surface area contributed by atoms with E-state index in [2.05, 4.69) is 29.6 Å². The number of imidazole rings is 1. The zero-order valence-corrected chi connectivity index (χ0v) is 18.3. The maximum atomic E-state index is 12.4. The van der Waals surface area contributed by atoms with Crippen LogP contribution in [0.1, 0.15) is 44.0 Å². The SMILES string of the molecule is Cc1ncc(-c2ccnc(Nc3ccc(S(=O)(=O)NCC4CC4)cc3)n2)n1C1CCC1.